The molecule has 2 rings (SSSR count). The van der Waals surface area contributed by atoms with Crippen LogP contribution in [0.15, 0.2) is 24.3 Å². The predicted molar refractivity (Wildman–Crippen MR) is 60.4 cm³/mol. The molecule has 0 bridgehead atoms. The molecule has 0 saturated carbocycles. The molecule has 0 heterocycles. The lowest BCUT2D eigenvalue weighted by Crippen LogP contribution is -2.07. The van der Waals surface area contributed by atoms with E-state index in [2.05, 4.69) is 5.32 Å². The van der Waals surface area contributed by atoms with E-state index in [1.807, 2.05) is 0 Å². The van der Waals surface area contributed by atoms with Crippen LogP contribution in [0.2, 0.25) is 0 Å². The zero-order chi connectivity index (χ0) is 14.2. The van der Waals surface area contributed by atoms with Gasteiger partial charge in [-0.2, -0.15) is 0 Å². The van der Waals surface area contributed by atoms with Crippen LogP contribution in [0.1, 0.15) is 0 Å². The highest BCUT2D eigenvalue weighted by molar-refractivity contribution is 5.72. The molecular formula is C12H7F5N2. The molecule has 7 heteroatoms. The Morgan fingerprint density at radius 3 is 1.74 bits per heavy atom. The van der Waals surface area contributed by atoms with Gasteiger partial charge in [-0.05, 0) is 12.1 Å². The molecule has 19 heavy (non-hydrogen) atoms. The zero-order valence-electron chi connectivity index (χ0n) is 9.28. The summed E-state index contributed by atoms with van der Waals surface area (Å²) in [4.78, 5) is 0. The normalized spacial score (nSPS) is 10.6. The van der Waals surface area contributed by atoms with Crippen molar-refractivity contribution in [2.75, 3.05) is 11.1 Å². The van der Waals surface area contributed by atoms with Gasteiger partial charge in [0.2, 0.25) is 5.82 Å². The number of nitrogens with one attached hydrogen (secondary N) is 1. The van der Waals surface area contributed by atoms with Crippen LogP contribution in [-0.2, 0) is 0 Å². The lowest BCUT2D eigenvalue weighted by Gasteiger charge is -2.12. The third-order valence-corrected chi connectivity index (χ3v) is 2.43. The van der Waals surface area contributed by atoms with Crippen LogP contribution >= 0.6 is 0 Å². The van der Waals surface area contributed by atoms with Crippen LogP contribution in [0.5, 0.6) is 0 Å². The van der Waals surface area contributed by atoms with Crippen LogP contribution in [0.3, 0.4) is 0 Å². The Morgan fingerprint density at radius 2 is 1.21 bits per heavy atom. The molecular weight excluding hydrogens is 267 g/mol. The largest absolute Gasteiger partial charge is 0.397 e. The summed E-state index contributed by atoms with van der Waals surface area (Å²) in [5.74, 6) is -10.1. The molecule has 0 spiro atoms. The van der Waals surface area contributed by atoms with Crippen molar-refractivity contribution in [3.05, 3.63) is 53.4 Å². The second-order valence-electron chi connectivity index (χ2n) is 3.66. The molecule has 0 atom stereocenters. The van der Waals surface area contributed by atoms with Gasteiger partial charge in [0.15, 0.2) is 23.3 Å². The van der Waals surface area contributed by atoms with E-state index in [1.54, 1.807) is 6.07 Å². The average molecular weight is 274 g/mol. The molecule has 0 aliphatic carbocycles. The van der Waals surface area contributed by atoms with Crippen molar-refractivity contribution in [3.8, 4) is 0 Å². The first-order valence-corrected chi connectivity index (χ1v) is 5.06. The summed E-state index contributed by atoms with van der Waals surface area (Å²) >= 11 is 0. The first-order chi connectivity index (χ1) is 8.93. The first kappa shape index (κ1) is 13.1. The Kier molecular flexibility index (Phi) is 3.28. The summed E-state index contributed by atoms with van der Waals surface area (Å²) < 4.78 is 65.6. The van der Waals surface area contributed by atoms with Crippen molar-refractivity contribution in [1.29, 1.82) is 0 Å². The minimum Gasteiger partial charge on any atom is -0.397 e. The maximum absolute atomic E-state index is 13.4. The van der Waals surface area contributed by atoms with E-state index in [1.165, 1.54) is 18.2 Å². The molecule has 0 saturated heterocycles. The van der Waals surface area contributed by atoms with E-state index in [-0.39, 0.29) is 11.4 Å². The van der Waals surface area contributed by atoms with Crippen molar-refractivity contribution >= 4 is 17.1 Å². The Hall–Kier alpha value is -2.31. The van der Waals surface area contributed by atoms with Gasteiger partial charge >= 0.3 is 0 Å². The Balaban J connectivity index is 2.56. The first-order valence-electron chi connectivity index (χ1n) is 5.06. The monoisotopic (exact) mass is 274 g/mol. The van der Waals surface area contributed by atoms with Gasteiger partial charge in [0.05, 0.1) is 11.4 Å². The lowest BCUT2D eigenvalue weighted by atomic mass is 10.2. The molecule has 100 valence electrons. The number of anilines is 3. The molecule has 0 unspecified atom stereocenters. The van der Waals surface area contributed by atoms with Gasteiger partial charge in [-0.1, -0.05) is 12.1 Å². The van der Waals surface area contributed by atoms with E-state index in [0.29, 0.717) is 0 Å². The van der Waals surface area contributed by atoms with Crippen LogP contribution < -0.4 is 11.1 Å². The van der Waals surface area contributed by atoms with E-state index in [9.17, 15) is 22.0 Å². The van der Waals surface area contributed by atoms with Gasteiger partial charge in [-0.3, -0.25) is 0 Å². The molecule has 0 radical (unpaired) electrons. The van der Waals surface area contributed by atoms with Crippen molar-refractivity contribution < 1.29 is 22.0 Å². The maximum atomic E-state index is 13.4. The minimum absolute atomic E-state index is 0.0331. The SMILES string of the molecule is Nc1ccccc1Nc1c(F)c(F)c(F)c(F)c1F. The number of hydrogen-bond acceptors (Lipinski definition) is 2. The van der Waals surface area contributed by atoms with E-state index >= 15 is 0 Å². The van der Waals surface area contributed by atoms with Crippen molar-refractivity contribution in [2.45, 2.75) is 0 Å². The van der Waals surface area contributed by atoms with Crippen molar-refractivity contribution in [2.24, 2.45) is 0 Å². The van der Waals surface area contributed by atoms with Crippen LogP contribution in [0.25, 0.3) is 0 Å². The smallest absolute Gasteiger partial charge is 0.200 e. The fourth-order valence-corrected chi connectivity index (χ4v) is 1.46. The van der Waals surface area contributed by atoms with Crippen LogP contribution in [-0.4, -0.2) is 0 Å². The minimum atomic E-state index is -2.21. The summed E-state index contributed by atoms with van der Waals surface area (Å²) in [5, 5.41) is 2.10. The zero-order valence-corrected chi connectivity index (χ0v) is 9.28. The van der Waals surface area contributed by atoms with Gasteiger partial charge in [0, 0.05) is 0 Å². The highest BCUT2D eigenvalue weighted by Gasteiger charge is 2.25. The molecule has 0 fully saturated rings. The molecule has 0 aliphatic rings. The molecule has 0 amide bonds. The molecule has 0 aliphatic heterocycles. The Bertz CT molecular complexity index is 613. The number of rotatable bonds is 2. The molecule has 2 nitrogen and oxygen atoms in total. The number of hydrogen-bond donors (Lipinski definition) is 2. The quantitative estimate of drug-likeness (QED) is 0.379. The predicted octanol–water partition coefficient (Wildman–Crippen LogP) is 3.71. The maximum Gasteiger partial charge on any atom is 0.200 e. The van der Waals surface area contributed by atoms with Gasteiger partial charge in [-0.15, -0.1) is 0 Å². The molecule has 2 aromatic carbocycles. The number of nitrogen functional groups attached to an aromatic ring is 1. The van der Waals surface area contributed by atoms with Crippen molar-refractivity contribution in [1.82, 2.24) is 0 Å². The average Bonchev–Trinajstić information content (AvgIpc) is 2.41. The molecule has 3 N–H and O–H groups in total. The van der Waals surface area contributed by atoms with Gasteiger partial charge in [-0.25, -0.2) is 22.0 Å². The van der Waals surface area contributed by atoms with E-state index in [4.69, 9.17) is 5.73 Å². The van der Waals surface area contributed by atoms with Gasteiger partial charge < -0.3 is 11.1 Å². The summed E-state index contributed by atoms with van der Waals surface area (Å²) in [6.07, 6.45) is 0. The topological polar surface area (TPSA) is 38.0 Å². The second-order valence-corrected chi connectivity index (χ2v) is 3.66. The molecule has 2 aromatic rings. The number of halogens is 5. The number of nitrogens with two attached hydrogens (primary N) is 1. The van der Waals surface area contributed by atoms with Crippen molar-refractivity contribution in [3.63, 3.8) is 0 Å². The summed E-state index contributed by atoms with van der Waals surface area (Å²) in [6.45, 7) is 0. The second kappa shape index (κ2) is 4.75. The van der Waals surface area contributed by atoms with E-state index < -0.39 is 34.8 Å². The highest BCUT2D eigenvalue weighted by Crippen LogP contribution is 2.31. The number of para-hydroxylation sites is 2. The third-order valence-electron chi connectivity index (χ3n) is 2.43. The summed E-state index contributed by atoms with van der Waals surface area (Å²) in [7, 11) is 0. The summed E-state index contributed by atoms with van der Waals surface area (Å²) in [6, 6.07) is 5.80. The Labute approximate surface area is 104 Å². The standard InChI is InChI=1S/C12H7F5N2/c13-7-8(14)10(16)12(11(17)9(7)15)19-6-4-2-1-3-5(6)18/h1-4,19H,18H2. The molecule has 0 aromatic heterocycles. The third kappa shape index (κ3) is 2.18. The van der Waals surface area contributed by atoms with E-state index in [0.717, 1.165) is 0 Å². The van der Waals surface area contributed by atoms with Gasteiger partial charge in [0.25, 0.3) is 0 Å². The fourth-order valence-electron chi connectivity index (χ4n) is 1.46. The van der Waals surface area contributed by atoms with Gasteiger partial charge in [0.1, 0.15) is 5.69 Å². The van der Waals surface area contributed by atoms with Crippen LogP contribution in [0, 0.1) is 29.1 Å². The lowest BCUT2D eigenvalue weighted by molar-refractivity contribution is 0.382. The number of benzene rings is 2. The summed E-state index contributed by atoms with van der Waals surface area (Å²) in [5.41, 5.74) is 4.50. The Morgan fingerprint density at radius 1 is 0.737 bits per heavy atom. The van der Waals surface area contributed by atoms with Crippen LogP contribution in [0.4, 0.5) is 39.0 Å². The fraction of sp³-hybridized carbons (Fsp3) is 0. The highest BCUT2D eigenvalue weighted by atomic mass is 19.2.